The summed E-state index contributed by atoms with van der Waals surface area (Å²) in [5.41, 5.74) is 7.38. The van der Waals surface area contributed by atoms with Crippen molar-refractivity contribution in [1.82, 2.24) is 10.2 Å². The maximum atomic E-state index is 11.8. The summed E-state index contributed by atoms with van der Waals surface area (Å²) in [7, 11) is 0. The molecule has 0 aliphatic carbocycles. The van der Waals surface area contributed by atoms with Gasteiger partial charge >= 0.3 is 0 Å². The summed E-state index contributed by atoms with van der Waals surface area (Å²) in [6.07, 6.45) is 2.08. The molecular formula is C15H23N3O. The molecule has 0 atom stereocenters. The van der Waals surface area contributed by atoms with Crippen molar-refractivity contribution in [2.75, 3.05) is 25.4 Å². The van der Waals surface area contributed by atoms with Crippen LogP contribution in [-0.4, -0.2) is 36.0 Å². The average molecular weight is 261 g/mol. The smallest absolute Gasteiger partial charge is 0.239 e. The van der Waals surface area contributed by atoms with Gasteiger partial charge < -0.3 is 11.1 Å². The summed E-state index contributed by atoms with van der Waals surface area (Å²) in [6, 6.07) is 8.02. The maximum Gasteiger partial charge on any atom is 0.239 e. The monoisotopic (exact) mass is 261 g/mol. The number of nitrogens with one attached hydrogen (secondary N) is 1. The van der Waals surface area contributed by atoms with Crippen LogP contribution in [0, 0.1) is 0 Å². The Morgan fingerprint density at radius 1 is 1.32 bits per heavy atom. The van der Waals surface area contributed by atoms with Gasteiger partial charge in [0.1, 0.15) is 0 Å². The molecule has 1 aromatic rings. The number of nitrogens with two attached hydrogens (primary N) is 1. The van der Waals surface area contributed by atoms with Crippen LogP contribution in [0.2, 0.25) is 0 Å². The average Bonchev–Trinajstić information content (AvgIpc) is 2.37. The van der Waals surface area contributed by atoms with E-state index in [1.807, 2.05) is 26.0 Å². The normalized spacial score (nSPS) is 19.2. The summed E-state index contributed by atoms with van der Waals surface area (Å²) in [6.45, 7) is 6.62. The second-order valence-electron chi connectivity index (χ2n) is 5.65. The topological polar surface area (TPSA) is 58.4 Å². The number of nitrogens with zero attached hydrogens (tertiary/aromatic N) is 1. The summed E-state index contributed by atoms with van der Waals surface area (Å²) in [5.74, 6) is 0.131. The van der Waals surface area contributed by atoms with Crippen molar-refractivity contribution in [2.45, 2.75) is 32.2 Å². The summed E-state index contributed by atoms with van der Waals surface area (Å²) < 4.78 is 0. The Bertz CT molecular complexity index is 439. The van der Waals surface area contributed by atoms with Crippen LogP contribution in [-0.2, 0) is 11.2 Å². The van der Waals surface area contributed by atoms with Crippen LogP contribution < -0.4 is 11.1 Å². The first-order valence-corrected chi connectivity index (χ1v) is 6.88. The Morgan fingerprint density at radius 3 is 2.68 bits per heavy atom. The summed E-state index contributed by atoms with van der Waals surface area (Å²) in [5, 5.41) is 2.92. The van der Waals surface area contributed by atoms with Crippen molar-refractivity contribution < 1.29 is 4.79 Å². The number of carbonyl (C=O) groups excluding carboxylic acids is 1. The highest BCUT2D eigenvalue weighted by Crippen LogP contribution is 2.18. The van der Waals surface area contributed by atoms with E-state index in [-0.39, 0.29) is 11.4 Å². The first kappa shape index (κ1) is 13.9. The van der Waals surface area contributed by atoms with Crippen LogP contribution in [0.1, 0.15) is 25.8 Å². The lowest BCUT2D eigenvalue weighted by molar-refractivity contribution is -0.135. The number of nitrogen functional groups attached to an aromatic ring is 1. The highest BCUT2D eigenvalue weighted by atomic mass is 16.2. The van der Waals surface area contributed by atoms with Gasteiger partial charge in [-0.1, -0.05) is 12.1 Å². The zero-order chi connectivity index (χ0) is 13.9. The molecule has 1 heterocycles. The largest absolute Gasteiger partial charge is 0.399 e. The standard InChI is InChI=1S/C15H23N3O/c1-15(2)14(19)17-9-11-18(15)10-3-4-12-5-7-13(16)8-6-12/h5-8H,3-4,9-11,16H2,1-2H3,(H,17,19). The van der Waals surface area contributed by atoms with Crippen molar-refractivity contribution in [1.29, 1.82) is 0 Å². The maximum absolute atomic E-state index is 11.8. The molecule has 1 fully saturated rings. The fourth-order valence-electron chi connectivity index (χ4n) is 2.49. The second kappa shape index (κ2) is 5.61. The van der Waals surface area contributed by atoms with E-state index in [2.05, 4.69) is 22.3 Å². The fourth-order valence-corrected chi connectivity index (χ4v) is 2.49. The lowest BCUT2D eigenvalue weighted by atomic mass is 9.98. The van der Waals surface area contributed by atoms with E-state index in [1.54, 1.807) is 0 Å². The molecule has 4 nitrogen and oxygen atoms in total. The van der Waals surface area contributed by atoms with Crippen molar-refractivity contribution in [3.63, 3.8) is 0 Å². The van der Waals surface area contributed by atoms with Gasteiger partial charge in [-0.25, -0.2) is 0 Å². The Kier molecular flexibility index (Phi) is 4.10. The Morgan fingerprint density at radius 2 is 2.00 bits per heavy atom. The number of piperazine rings is 1. The third-order valence-electron chi connectivity index (χ3n) is 3.89. The molecule has 4 heteroatoms. The molecule has 1 saturated heterocycles. The van der Waals surface area contributed by atoms with Gasteiger partial charge in [0, 0.05) is 18.8 Å². The van der Waals surface area contributed by atoms with E-state index in [4.69, 9.17) is 5.73 Å². The minimum atomic E-state index is -0.390. The minimum Gasteiger partial charge on any atom is -0.399 e. The predicted molar refractivity (Wildman–Crippen MR) is 77.8 cm³/mol. The molecule has 0 radical (unpaired) electrons. The lowest BCUT2D eigenvalue weighted by Crippen LogP contribution is -2.61. The van der Waals surface area contributed by atoms with E-state index in [9.17, 15) is 4.79 Å². The minimum absolute atomic E-state index is 0.131. The number of hydrogen-bond donors (Lipinski definition) is 2. The van der Waals surface area contributed by atoms with Gasteiger partial charge in [-0.3, -0.25) is 9.69 Å². The zero-order valence-corrected chi connectivity index (χ0v) is 11.8. The van der Waals surface area contributed by atoms with E-state index >= 15 is 0 Å². The quantitative estimate of drug-likeness (QED) is 0.806. The van der Waals surface area contributed by atoms with Crippen LogP contribution in [0.25, 0.3) is 0 Å². The van der Waals surface area contributed by atoms with Crippen LogP contribution >= 0.6 is 0 Å². The molecule has 1 amide bonds. The molecule has 0 saturated carbocycles. The molecule has 2 rings (SSSR count). The number of anilines is 1. The summed E-state index contributed by atoms with van der Waals surface area (Å²) in [4.78, 5) is 14.1. The van der Waals surface area contributed by atoms with E-state index in [0.717, 1.165) is 38.2 Å². The molecule has 104 valence electrons. The van der Waals surface area contributed by atoms with Gasteiger partial charge in [-0.2, -0.15) is 0 Å². The highest BCUT2D eigenvalue weighted by molar-refractivity contribution is 5.86. The van der Waals surface area contributed by atoms with Gasteiger partial charge in [-0.05, 0) is 50.9 Å². The van der Waals surface area contributed by atoms with Crippen LogP contribution in [0.15, 0.2) is 24.3 Å². The van der Waals surface area contributed by atoms with E-state index in [1.165, 1.54) is 5.56 Å². The van der Waals surface area contributed by atoms with Crippen molar-refractivity contribution in [3.05, 3.63) is 29.8 Å². The number of aryl methyl sites for hydroxylation is 1. The number of amides is 1. The molecule has 0 bridgehead atoms. The van der Waals surface area contributed by atoms with Crippen molar-refractivity contribution in [3.8, 4) is 0 Å². The third kappa shape index (κ3) is 3.26. The fraction of sp³-hybridized carbons (Fsp3) is 0.533. The molecule has 0 aromatic heterocycles. The van der Waals surface area contributed by atoms with Crippen LogP contribution in [0.5, 0.6) is 0 Å². The van der Waals surface area contributed by atoms with Gasteiger partial charge in [0.05, 0.1) is 5.54 Å². The molecular weight excluding hydrogens is 238 g/mol. The number of benzene rings is 1. The van der Waals surface area contributed by atoms with Gasteiger partial charge in [-0.15, -0.1) is 0 Å². The molecule has 1 aliphatic rings. The lowest BCUT2D eigenvalue weighted by Gasteiger charge is -2.41. The molecule has 1 aromatic carbocycles. The third-order valence-corrected chi connectivity index (χ3v) is 3.89. The van der Waals surface area contributed by atoms with Gasteiger partial charge in [0.15, 0.2) is 0 Å². The number of rotatable bonds is 4. The first-order chi connectivity index (χ1) is 9.00. The number of carbonyl (C=O) groups is 1. The SMILES string of the molecule is CC1(C)C(=O)NCCN1CCCc1ccc(N)cc1. The van der Waals surface area contributed by atoms with Crippen molar-refractivity contribution >= 4 is 11.6 Å². The van der Waals surface area contributed by atoms with Gasteiger partial charge in [0.2, 0.25) is 5.91 Å². The molecule has 19 heavy (non-hydrogen) atoms. The zero-order valence-electron chi connectivity index (χ0n) is 11.8. The molecule has 1 aliphatic heterocycles. The molecule has 0 spiro atoms. The van der Waals surface area contributed by atoms with Crippen molar-refractivity contribution in [2.24, 2.45) is 0 Å². The highest BCUT2D eigenvalue weighted by Gasteiger charge is 2.36. The van der Waals surface area contributed by atoms with Crippen LogP contribution in [0.3, 0.4) is 0 Å². The Balaban J connectivity index is 1.85. The molecule has 0 unspecified atom stereocenters. The van der Waals surface area contributed by atoms with E-state index < -0.39 is 0 Å². The van der Waals surface area contributed by atoms with Crippen LogP contribution in [0.4, 0.5) is 5.69 Å². The first-order valence-electron chi connectivity index (χ1n) is 6.88. The second-order valence-corrected chi connectivity index (χ2v) is 5.65. The number of hydrogen-bond acceptors (Lipinski definition) is 3. The van der Waals surface area contributed by atoms with Gasteiger partial charge in [0.25, 0.3) is 0 Å². The predicted octanol–water partition coefficient (Wildman–Crippen LogP) is 1.41. The summed E-state index contributed by atoms with van der Waals surface area (Å²) >= 11 is 0. The molecule has 3 N–H and O–H groups in total. The Hall–Kier alpha value is -1.55. The van der Waals surface area contributed by atoms with E-state index in [0.29, 0.717) is 0 Å². The Labute approximate surface area is 115 Å².